The maximum atomic E-state index is 11.8. The molecule has 0 aliphatic carbocycles. The van der Waals surface area contributed by atoms with Gasteiger partial charge in [-0.3, -0.25) is 14.3 Å². The van der Waals surface area contributed by atoms with Crippen molar-refractivity contribution in [2.45, 2.75) is 18.9 Å². The van der Waals surface area contributed by atoms with Crippen LogP contribution in [-0.2, 0) is 21.5 Å². The van der Waals surface area contributed by atoms with Crippen LogP contribution in [0.25, 0.3) is 0 Å². The van der Waals surface area contributed by atoms with Crippen LogP contribution >= 0.6 is 0 Å². The third-order valence-corrected chi connectivity index (χ3v) is 3.39. The summed E-state index contributed by atoms with van der Waals surface area (Å²) < 4.78 is 1.48. The monoisotopic (exact) mass is 287 g/mol. The Balaban J connectivity index is 2.04. The Morgan fingerprint density at radius 1 is 1.29 bits per heavy atom. The summed E-state index contributed by atoms with van der Waals surface area (Å²) in [7, 11) is 0. The SMILES string of the molecule is CC(CNC(=O)Cn1cccn1)(C(=O)O)c1ccccc1. The fourth-order valence-corrected chi connectivity index (χ4v) is 1.98. The lowest BCUT2D eigenvalue weighted by atomic mass is 9.82. The van der Waals surface area contributed by atoms with Gasteiger partial charge in [-0.1, -0.05) is 30.3 Å². The molecular weight excluding hydrogens is 270 g/mol. The van der Waals surface area contributed by atoms with Gasteiger partial charge in [0.05, 0.1) is 0 Å². The molecule has 1 aromatic heterocycles. The first-order chi connectivity index (χ1) is 10.0. The third-order valence-electron chi connectivity index (χ3n) is 3.39. The van der Waals surface area contributed by atoms with Gasteiger partial charge < -0.3 is 10.4 Å². The summed E-state index contributed by atoms with van der Waals surface area (Å²) in [5.74, 6) is -1.25. The van der Waals surface area contributed by atoms with Crippen molar-refractivity contribution in [1.82, 2.24) is 15.1 Å². The van der Waals surface area contributed by atoms with Gasteiger partial charge in [-0.25, -0.2) is 0 Å². The lowest BCUT2D eigenvalue weighted by Gasteiger charge is -2.25. The van der Waals surface area contributed by atoms with Gasteiger partial charge in [0.1, 0.15) is 12.0 Å². The number of aliphatic carboxylic acids is 1. The number of amides is 1. The number of carbonyl (C=O) groups excluding carboxylic acids is 1. The zero-order valence-corrected chi connectivity index (χ0v) is 11.7. The number of aromatic nitrogens is 2. The van der Waals surface area contributed by atoms with Crippen LogP contribution in [0.15, 0.2) is 48.8 Å². The van der Waals surface area contributed by atoms with Gasteiger partial charge in [-0.05, 0) is 18.6 Å². The highest BCUT2D eigenvalue weighted by molar-refractivity contribution is 5.83. The lowest BCUT2D eigenvalue weighted by molar-refractivity contribution is -0.143. The highest BCUT2D eigenvalue weighted by Gasteiger charge is 2.35. The number of hydrogen-bond donors (Lipinski definition) is 2. The second kappa shape index (κ2) is 6.21. The maximum absolute atomic E-state index is 11.8. The number of carboxylic acid groups (broad SMARTS) is 1. The van der Waals surface area contributed by atoms with E-state index < -0.39 is 11.4 Å². The van der Waals surface area contributed by atoms with Gasteiger partial charge in [0.25, 0.3) is 0 Å². The van der Waals surface area contributed by atoms with Gasteiger partial charge in [0.15, 0.2) is 0 Å². The molecule has 0 aliphatic rings. The van der Waals surface area contributed by atoms with Gasteiger partial charge in [0, 0.05) is 18.9 Å². The molecular formula is C15H17N3O3. The minimum Gasteiger partial charge on any atom is -0.481 e. The molecule has 6 heteroatoms. The molecule has 0 radical (unpaired) electrons. The Kier molecular flexibility index (Phi) is 4.37. The highest BCUT2D eigenvalue weighted by atomic mass is 16.4. The number of hydrogen-bond acceptors (Lipinski definition) is 3. The van der Waals surface area contributed by atoms with E-state index in [4.69, 9.17) is 0 Å². The van der Waals surface area contributed by atoms with Crippen LogP contribution in [0.1, 0.15) is 12.5 Å². The zero-order chi connectivity index (χ0) is 15.3. The number of nitrogens with zero attached hydrogens (tertiary/aromatic N) is 2. The van der Waals surface area contributed by atoms with E-state index in [1.807, 2.05) is 6.07 Å². The van der Waals surface area contributed by atoms with Crippen LogP contribution in [0.2, 0.25) is 0 Å². The average Bonchev–Trinajstić information content (AvgIpc) is 2.98. The van der Waals surface area contributed by atoms with Crippen LogP contribution in [0.5, 0.6) is 0 Å². The van der Waals surface area contributed by atoms with E-state index >= 15 is 0 Å². The van der Waals surface area contributed by atoms with E-state index in [1.54, 1.807) is 49.6 Å². The Hall–Kier alpha value is -2.63. The first-order valence-electron chi connectivity index (χ1n) is 6.55. The van der Waals surface area contributed by atoms with Crippen molar-refractivity contribution in [3.63, 3.8) is 0 Å². The largest absolute Gasteiger partial charge is 0.481 e. The van der Waals surface area contributed by atoms with Gasteiger partial charge in [-0.2, -0.15) is 5.10 Å². The first kappa shape index (κ1) is 14.8. The third kappa shape index (κ3) is 3.47. The fourth-order valence-electron chi connectivity index (χ4n) is 1.98. The summed E-state index contributed by atoms with van der Waals surface area (Å²) in [5.41, 5.74) is -0.516. The van der Waals surface area contributed by atoms with Crippen LogP contribution in [0.4, 0.5) is 0 Å². The van der Waals surface area contributed by atoms with Crippen molar-refractivity contribution < 1.29 is 14.7 Å². The molecule has 0 aliphatic heterocycles. The molecule has 0 saturated carbocycles. The van der Waals surface area contributed by atoms with Crippen molar-refractivity contribution in [1.29, 1.82) is 0 Å². The summed E-state index contributed by atoms with van der Waals surface area (Å²) in [4.78, 5) is 23.4. The molecule has 1 amide bonds. The molecule has 0 spiro atoms. The number of benzene rings is 1. The zero-order valence-electron chi connectivity index (χ0n) is 11.7. The molecule has 110 valence electrons. The predicted octanol–water partition coefficient (Wildman–Crippen LogP) is 1.04. The molecule has 1 aromatic carbocycles. The second-order valence-corrected chi connectivity index (χ2v) is 4.98. The average molecular weight is 287 g/mol. The Morgan fingerprint density at radius 3 is 2.57 bits per heavy atom. The predicted molar refractivity (Wildman–Crippen MR) is 76.7 cm³/mol. The summed E-state index contributed by atoms with van der Waals surface area (Å²) in [6, 6.07) is 10.6. The Bertz CT molecular complexity index is 610. The molecule has 2 N–H and O–H groups in total. The van der Waals surface area contributed by atoms with Crippen molar-refractivity contribution in [3.05, 3.63) is 54.4 Å². The number of nitrogens with one attached hydrogen (secondary N) is 1. The smallest absolute Gasteiger partial charge is 0.315 e. The van der Waals surface area contributed by atoms with E-state index in [0.29, 0.717) is 5.56 Å². The number of carboxylic acids is 1. The molecule has 1 atom stereocenters. The number of rotatable bonds is 6. The normalized spacial score (nSPS) is 13.4. The summed E-state index contributed by atoms with van der Waals surface area (Å²) in [5, 5.41) is 16.1. The van der Waals surface area contributed by atoms with Gasteiger partial charge in [0.2, 0.25) is 5.91 Å². The Morgan fingerprint density at radius 2 is 2.00 bits per heavy atom. The Labute approximate surface area is 122 Å². The standard InChI is InChI=1S/C15H17N3O3/c1-15(14(20)21,12-6-3-2-4-7-12)11-16-13(19)10-18-9-5-8-17-18/h2-9H,10-11H2,1H3,(H,16,19)(H,20,21). The first-order valence-corrected chi connectivity index (χ1v) is 6.55. The van der Waals surface area contributed by atoms with E-state index in [9.17, 15) is 14.7 Å². The molecule has 1 unspecified atom stereocenters. The fraction of sp³-hybridized carbons (Fsp3) is 0.267. The van der Waals surface area contributed by atoms with Crippen molar-refractivity contribution in [2.75, 3.05) is 6.54 Å². The van der Waals surface area contributed by atoms with Gasteiger partial charge in [-0.15, -0.1) is 0 Å². The van der Waals surface area contributed by atoms with Crippen LogP contribution in [0.3, 0.4) is 0 Å². The minimum absolute atomic E-state index is 0.0203. The molecule has 1 heterocycles. The second-order valence-electron chi connectivity index (χ2n) is 4.98. The molecule has 2 aromatic rings. The maximum Gasteiger partial charge on any atom is 0.315 e. The van der Waals surface area contributed by atoms with Crippen LogP contribution in [0, 0.1) is 0 Å². The van der Waals surface area contributed by atoms with E-state index in [1.165, 1.54) is 4.68 Å². The molecule has 21 heavy (non-hydrogen) atoms. The molecule has 0 fully saturated rings. The molecule has 0 bridgehead atoms. The molecule has 2 rings (SSSR count). The van der Waals surface area contributed by atoms with Gasteiger partial charge >= 0.3 is 5.97 Å². The molecule has 0 saturated heterocycles. The van der Waals surface area contributed by atoms with Crippen molar-refractivity contribution in [2.24, 2.45) is 0 Å². The van der Waals surface area contributed by atoms with Crippen molar-refractivity contribution >= 4 is 11.9 Å². The van der Waals surface area contributed by atoms with E-state index in [-0.39, 0.29) is 19.0 Å². The van der Waals surface area contributed by atoms with E-state index in [2.05, 4.69) is 10.4 Å². The summed E-state index contributed by atoms with van der Waals surface area (Å²) in [6.07, 6.45) is 3.26. The number of carbonyl (C=O) groups is 2. The lowest BCUT2D eigenvalue weighted by Crippen LogP contribution is -2.45. The quantitative estimate of drug-likeness (QED) is 0.831. The summed E-state index contributed by atoms with van der Waals surface area (Å²) in [6.45, 7) is 1.68. The van der Waals surface area contributed by atoms with E-state index in [0.717, 1.165) is 0 Å². The van der Waals surface area contributed by atoms with Crippen molar-refractivity contribution in [3.8, 4) is 0 Å². The van der Waals surface area contributed by atoms with Crippen LogP contribution in [-0.4, -0.2) is 33.3 Å². The highest BCUT2D eigenvalue weighted by Crippen LogP contribution is 2.23. The molecule has 6 nitrogen and oxygen atoms in total. The minimum atomic E-state index is -1.17. The summed E-state index contributed by atoms with van der Waals surface area (Å²) >= 11 is 0. The topological polar surface area (TPSA) is 84.2 Å². The van der Waals surface area contributed by atoms with Crippen LogP contribution < -0.4 is 5.32 Å².